The third-order valence-electron chi connectivity index (χ3n) is 3.42. The van der Waals surface area contributed by atoms with Gasteiger partial charge in [-0.2, -0.15) is 0 Å². The zero-order chi connectivity index (χ0) is 12.3. The molecule has 0 unspecified atom stereocenters. The number of hydrogen-bond acceptors (Lipinski definition) is 2. The Labute approximate surface area is 102 Å². The topological polar surface area (TPSA) is 41.7 Å². The maximum Gasteiger partial charge on any atom is 0.220 e. The molecular formula is C14H20NO2+. The van der Waals surface area contributed by atoms with E-state index in [-0.39, 0.29) is 11.5 Å². The van der Waals surface area contributed by atoms with Gasteiger partial charge in [-0.25, -0.2) is 0 Å². The molecule has 0 amide bonds. The zero-order valence-corrected chi connectivity index (χ0v) is 10.3. The van der Waals surface area contributed by atoms with Gasteiger partial charge in [0.25, 0.3) is 0 Å². The summed E-state index contributed by atoms with van der Waals surface area (Å²) in [5.41, 5.74) is 1.49. The highest BCUT2D eigenvalue weighted by molar-refractivity contribution is 5.99. The Morgan fingerprint density at radius 3 is 2.71 bits per heavy atom. The van der Waals surface area contributed by atoms with E-state index in [1.807, 2.05) is 13.0 Å². The fourth-order valence-electron chi connectivity index (χ4n) is 2.42. The van der Waals surface area contributed by atoms with Gasteiger partial charge < -0.3 is 10.0 Å². The lowest BCUT2D eigenvalue weighted by molar-refractivity contribution is -0.896. The predicted molar refractivity (Wildman–Crippen MR) is 66.6 cm³/mol. The predicted octanol–water partition coefficient (Wildman–Crippen LogP) is 0.952. The molecular weight excluding hydrogens is 214 g/mol. The van der Waals surface area contributed by atoms with Crippen LogP contribution in [0.5, 0.6) is 5.75 Å². The molecule has 0 aliphatic carbocycles. The maximum absolute atomic E-state index is 12.1. The smallest absolute Gasteiger partial charge is 0.220 e. The van der Waals surface area contributed by atoms with E-state index in [4.69, 9.17) is 0 Å². The van der Waals surface area contributed by atoms with Crippen molar-refractivity contribution in [1.82, 2.24) is 0 Å². The van der Waals surface area contributed by atoms with Crippen LogP contribution in [0.1, 0.15) is 35.2 Å². The lowest BCUT2D eigenvalue weighted by atomic mass is 10.0. The normalized spacial score (nSPS) is 17.0. The van der Waals surface area contributed by atoms with Crippen LogP contribution in [0.2, 0.25) is 0 Å². The molecule has 1 aliphatic heterocycles. The summed E-state index contributed by atoms with van der Waals surface area (Å²) >= 11 is 0. The highest BCUT2D eigenvalue weighted by Gasteiger charge is 2.20. The summed E-state index contributed by atoms with van der Waals surface area (Å²) in [6, 6.07) is 5.20. The van der Waals surface area contributed by atoms with Crippen molar-refractivity contribution in [3.05, 3.63) is 29.3 Å². The molecule has 2 N–H and O–H groups in total. The Hall–Kier alpha value is -1.35. The van der Waals surface area contributed by atoms with Gasteiger partial charge in [-0.3, -0.25) is 4.79 Å². The minimum atomic E-state index is 0.0584. The van der Waals surface area contributed by atoms with E-state index in [1.165, 1.54) is 24.2 Å². The fourth-order valence-corrected chi connectivity index (χ4v) is 2.42. The number of aromatic hydroxyl groups is 1. The van der Waals surface area contributed by atoms with Crippen molar-refractivity contribution >= 4 is 5.78 Å². The maximum atomic E-state index is 12.1. The van der Waals surface area contributed by atoms with E-state index >= 15 is 0 Å². The van der Waals surface area contributed by atoms with Crippen LogP contribution in [0.3, 0.4) is 0 Å². The third-order valence-corrected chi connectivity index (χ3v) is 3.42. The van der Waals surface area contributed by atoms with E-state index in [2.05, 4.69) is 0 Å². The zero-order valence-electron chi connectivity index (χ0n) is 10.3. The van der Waals surface area contributed by atoms with Crippen LogP contribution in [0.15, 0.2) is 18.2 Å². The number of piperidine rings is 1. The number of quaternary nitrogens is 1. The molecule has 1 aromatic carbocycles. The summed E-state index contributed by atoms with van der Waals surface area (Å²) in [6.07, 6.45) is 3.71. The Morgan fingerprint density at radius 2 is 2.00 bits per heavy atom. The van der Waals surface area contributed by atoms with Crippen molar-refractivity contribution < 1.29 is 14.8 Å². The molecule has 0 aromatic heterocycles. The largest absolute Gasteiger partial charge is 0.507 e. The van der Waals surface area contributed by atoms with Crippen LogP contribution >= 0.6 is 0 Å². The van der Waals surface area contributed by atoms with Gasteiger partial charge in [0.2, 0.25) is 5.78 Å². The minimum Gasteiger partial charge on any atom is -0.507 e. The van der Waals surface area contributed by atoms with E-state index in [1.54, 1.807) is 12.1 Å². The molecule has 0 saturated carbocycles. The molecule has 1 aliphatic rings. The fraction of sp³-hybridized carbons (Fsp3) is 0.500. The van der Waals surface area contributed by atoms with Gasteiger partial charge in [-0.05, 0) is 38.3 Å². The number of phenols is 1. The minimum absolute atomic E-state index is 0.0584. The molecule has 3 nitrogen and oxygen atoms in total. The molecule has 92 valence electrons. The summed E-state index contributed by atoms with van der Waals surface area (Å²) in [5.74, 6) is 0.167. The van der Waals surface area contributed by atoms with Crippen LogP contribution in [0.25, 0.3) is 0 Å². The average molecular weight is 234 g/mol. The Bertz CT molecular complexity index is 409. The first-order chi connectivity index (χ1) is 8.16. The van der Waals surface area contributed by atoms with Crippen LogP contribution in [-0.2, 0) is 0 Å². The third kappa shape index (κ3) is 3.07. The van der Waals surface area contributed by atoms with Crippen molar-refractivity contribution in [2.75, 3.05) is 19.6 Å². The van der Waals surface area contributed by atoms with Gasteiger partial charge in [0, 0.05) is 0 Å². The van der Waals surface area contributed by atoms with E-state index < -0.39 is 0 Å². The molecule has 0 bridgehead atoms. The number of nitrogens with one attached hydrogen (secondary N) is 1. The van der Waals surface area contributed by atoms with Crippen molar-refractivity contribution in [3.8, 4) is 5.75 Å². The van der Waals surface area contributed by atoms with Crippen LogP contribution in [0.4, 0.5) is 0 Å². The number of hydrogen-bond donors (Lipinski definition) is 2. The van der Waals surface area contributed by atoms with Gasteiger partial charge in [-0.1, -0.05) is 11.6 Å². The van der Waals surface area contributed by atoms with Crippen molar-refractivity contribution in [1.29, 1.82) is 0 Å². The first-order valence-electron chi connectivity index (χ1n) is 6.33. The number of likely N-dealkylation sites (tertiary alicyclic amines) is 1. The number of carbonyl (C=O) groups is 1. The van der Waals surface area contributed by atoms with Crippen LogP contribution in [0, 0.1) is 6.92 Å². The van der Waals surface area contributed by atoms with E-state index in [0.29, 0.717) is 12.1 Å². The van der Waals surface area contributed by atoms with Gasteiger partial charge in [-0.15, -0.1) is 0 Å². The first-order valence-corrected chi connectivity index (χ1v) is 6.33. The van der Waals surface area contributed by atoms with Crippen molar-refractivity contribution in [3.63, 3.8) is 0 Å². The number of aryl methyl sites for hydroxylation is 1. The van der Waals surface area contributed by atoms with Crippen LogP contribution in [-0.4, -0.2) is 30.5 Å². The van der Waals surface area contributed by atoms with Gasteiger partial charge in [0.05, 0.1) is 18.7 Å². The number of rotatable bonds is 3. The molecule has 0 spiro atoms. The van der Waals surface area contributed by atoms with E-state index in [9.17, 15) is 9.90 Å². The Morgan fingerprint density at radius 1 is 1.29 bits per heavy atom. The molecule has 1 aromatic rings. The summed E-state index contributed by atoms with van der Waals surface area (Å²) in [4.78, 5) is 13.5. The monoisotopic (exact) mass is 234 g/mol. The van der Waals surface area contributed by atoms with Gasteiger partial charge >= 0.3 is 0 Å². The molecule has 0 radical (unpaired) electrons. The quantitative estimate of drug-likeness (QED) is 0.765. The molecule has 1 saturated heterocycles. The summed E-state index contributed by atoms with van der Waals surface area (Å²) in [5, 5.41) is 9.70. The molecule has 3 heteroatoms. The molecule has 1 heterocycles. The van der Waals surface area contributed by atoms with Gasteiger partial charge in [0.1, 0.15) is 12.3 Å². The molecule has 0 atom stereocenters. The lowest BCUT2D eigenvalue weighted by Crippen LogP contribution is -3.13. The number of Topliss-reactive ketones (excluding diaryl/α,β-unsaturated/α-hetero) is 1. The second kappa shape index (κ2) is 5.32. The number of ketones is 1. The average Bonchev–Trinajstić information content (AvgIpc) is 2.33. The number of benzene rings is 1. The highest BCUT2D eigenvalue weighted by Crippen LogP contribution is 2.18. The Balaban J connectivity index is 2.05. The highest BCUT2D eigenvalue weighted by atomic mass is 16.3. The molecule has 17 heavy (non-hydrogen) atoms. The van der Waals surface area contributed by atoms with Crippen molar-refractivity contribution in [2.45, 2.75) is 26.2 Å². The van der Waals surface area contributed by atoms with E-state index in [0.717, 1.165) is 18.7 Å². The summed E-state index contributed by atoms with van der Waals surface area (Å²) in [7, 11) is 0. The summed E-state index contributed by atoms with van der Waals surface area (Å²) < 4.78 is 0. The first kappa shape index (κ1) is 12.1. The second-order valence-corrected chi connectivity index (χ2v) is 4.93. The Kier molecular flexibility index (Phi) is 3.79. The number of carbonyl (C=O) groups excluding carboxylic acids is 1. The second-order valence-electron chi connectivity index (χ2n) is 4.93. The molecule has 2 rings (SSSR count). The molecule has 1 fully saturated rings. The standard InChI is InChI=1S/C14H19NO2/c1-11-5-6-13(16)12(9-11)14(17)10-15-7-3-2-4-8-15/h5-6,9,16H,2-4,7-8,10H2,1H3/p+1. The van der Waals surface area contributed by atoms with Crippen molar-refractivity contribution in [2.24, 2.45) is 0 Å². The lowest BCUT2D eigenvalue weighted by Gasteiger charge is -2.22. The summed E-state index contributed by atoms with van der Waals surface area (Å²) in [6.45, 7) is 4.61. The van der Waals surface area contributed by atoms with Crippen LogP contribution < -0.4 is 4.90 Å². The van der Waals surface area contributed by atoms with Gasteiger partial charge in [0.15, 0.2) is 0 Å². The number of phenolic OH excluding ortho intramolecular Hbond substituents is 1. The SMILES string of the molecule is Cc1ccc(O)c(C(=O)C[NH+]2CCCCC2)c1.